The van der Waals surface area contributed by atoms with Gasteiger partial charge in [0.15, 0.2) is 0 Å². The van der Waals surface area contributed by atoms with Gasteiger partial charge in [-0.05, 0) is 30.2 Å². The van der Waals surface area contributed by atoms with Crippen LogP contribution in [0.5, 0.6) is 5.75 Å². The van der Waals surface area contributed by atoms with Crippen molar-refractivity contribution in [2.45, 2.75) is 6.42 Å². The van der Waals surface area contributed by atoms with Crippen LogP contribution in [-0.2, 0) is 6.42 Å². The molecule has 0 saturated carbocycles. The number of hydrogen-bond acceptors (Lipinski definition) is 3. The highest BCUT2D eigenvalue weighted by atomic mass is 35.5. The Kier molecular flexibility index (Phi) is 6.53. The Morgan fingerprint density at radius 1 is 1.20 bits per heavy atom. The van der Waals surface area contributed by atoms with Gasteiger partial charge in [0.25, 0.3) is 5.91 Å². The average molecular weight is 293 g/mol. The second-order valence-electron chi connectivity index (χ2n) is 4.05. The second kappa shape index (κ2) is 8.17. The molecule has 4 nitrogen and oxygen atoms in total. The van der Waals surface area contributed by atoms with Crippen molar-refractivity contribution in [3.63, 3.8) is 0 Å². The molecule has 2 aromatic rings. The summed E-state index contributed by atoms with van der Waals surface area (Å²) in [5.41, 5.74) is 1.70. The van der Waals surface area contributed by atoms with Crippen LogP contribution in [0.1, 0.15) is 15.9 Å². The topological polar surface area (TPSA) is 51.2 Å². The third-order valence-corrected chi connectivity index (χ3v) is 2.81. The van der Waals surface area contributed by atoms with Gasteiger partial charge in [-0.2, -0.15) is 0 Å². The Balaban J connectivity index is 0.00000200. The van der Waals surface area contributed by atoms with Crippen molar-refractivity contribution in [2.24, 2.45) is 0 Å². The summed E-state index contributed by atoms with van der Waals surface area (Å²) < 4.78 is 5.27. The Hall–Kier alpha value is -2.07. The lowest BCUT2D eigenvalue weighted by atomic mass is 10.1. The van der Waals surface area contributed by atoms with E-state index in [4.69, 9.17) is 4.74 Å². The molecule has 0 aliphatic carbocycles. The SMILES string of the molecule is COc1ccccc1CCNC(=O)c1ccncc1.Cl. The Morgan fingerprint density at radius 2 is 1.90 bits per heavy atom. The Morgan fingerprint density at radius 3 is 2.60 bits per heavy atom. The molecule has 2 rings (SSSR count). The summed E-state index contributed by atoms with van der Waals surface area (Å²) in [6.07, 6.45) is 3.95. The molecule has 1 heterocycles. The number of para-hydroxylation sites is 1. The van der Waals surface area contributed by atoms with E-state index in [1.165, 1.54) is 0 Å². The van der Waals surface area contributed by atoms with Crippen molar-refractivity contribution in [3.05, 3.63) is 59.9 Å². The second-order valence-corrected chi connectivity index (χ2v) is 4.05. The predicted molar refractivity (Wildman–Crippen MR) is 80.5 cm³/mol. The number of aromatic nitrogens is 1. The molecule has 1 aromatic carbocycles. The molecular weight excluding hydrogens is 276 g/mol. The van der Waals surface area contributed by atoms with Gasteiger partial charge in [0.1, 0.15) is 5.75 Å². The first-order valence-corrected chi connectivity index (χ1v) is 6.11. The number of nitrogens with one attached hydrogen (secondary N) is 1. The molecular formula is C15H17ClN2O2. The monoisotopic (exact) mass is 292 g/mol. The molecule has 0 radical (unpaired) electrons. The zero-order chi connectivity index (χ0) is 13.5. The number of pyridine rings is 1. The molecule has 0 atom stereocenters. The van der Waals surface area contributed by atoms with Crippen LogP contribution in [0.25, 0.3) is 0 Å². The fourth-order valence-corrected chi connectivity index (χ4v) is 1.83. The van der Waals surface area contributed by atoms with Gasteiger partial charge in [-0.1, -0.05) is 18.2 Å². The molecule has 0 unspecified atom stereocenters. The number of benzene rings is 1. The number of halogens is 1. The Bertz CT molecular complexity index is 547. The molecule has 0 spiro atoms. The highest BCUT2D eigenvalue weighted by molar-refractivity contribution is 5.93. The maximum atomic E-state index is 11.8. The number of carbonyl (C=O) groups excluding carboxylic acids is 1. The van der Waals surface area contributed by atoms with E-state index in [1.807, 2.05) is 24.3 Å². The molecule has 0 bridgehead atoms. The lowest BCUT2D eigenvalue weighted by molar-refractivity contribution is 0.0954. The van der Waals surface area contributed by atoms with E-state index in [9.17, 15) is 4.79 Å². The van der Waals surface area contributed by atoms with Crippen LogP contribution in [0.3, 0.4) is 0 Å². The van der Waals surface area contributed by atoms with E-state index in [1.54, 1.807) is 31.6 Å². The first-order valence-electron chi connectivity index (χ1n) is 6.11. The number of hydrogen-bond donors (Lipinski definition) is 1. The quantitative estimate of drug-likeness (QED) is 0.921. The summed E-state index contributed by atoms with van der Waals surface area (Å²) in [5.74, 6) is 0.762. The predicted octanol–water partition coefficient (Wildman–Crippen LogP) is 2.48. The smallest absolute Gasteiger partial charge is 0.251 e. The van der Waals surface area contributed by atoms with Gasteiger partial charge in [0, 0.05) is 24.5 Å². The highest BCUT2D eigenvalue weighted by Crippen LogP contribution is 2.17. The zero-order valence-corrected chi connectivity index (χ0v) is 12.0. The molecule has 1 aromatic heterocycles. The van der Waals surface area contributed by atoms with Gasteiger partial charge in [-0.3, -0.25) is 9.78 Å². The molecule has 0 saturated heterocycles. The number of nitrogens with zero attached hydrogens (tertiary/aromatic N) is 1. The molecule has 1 amide bonds. The van der Waals surface area contributed by atoms with Gasteiger partial charge in [0.05, 0.1) is 7.11 Å². The van der Waals surface area contributed by atoms with E-state index in [0.29, 0.717) is 12.1 Å². The van der Waals surface area contributed by atoms with Crippen LogP contribution < -0.4 is 10.1 Å². The van der Waals surface area contributed by atoms with Crippen molar-refractivity contribution >= 4 is 18.3 Å². The average Bonchev–Trinajstić information content (AvgIpc) is 2.48. The maximum Gasteiger partial charge on any atom is 0.251 e. The van der Waals surface area contributed by atoms with Crippen LogP contribution >= 0.6 is 12.4 Å². The van der Waals surface area contributed by atoms with Gasteiger partial charge < -0.3 is 10.1 Å². The summed E-state index contributed by atoms with van der Waals surface area (Å²) >= 11 is 0. The van der Waals surface area contributed by atoms with Crippen molar-refractivity contribution in [3.8, 4) is 5.75 Å². The van der Waals surface area contributed by atoms with Crippen LogP contribution in [0, 0.1) is 0 Å². The van der Waals surface area contributed by atoms with Crippen molar-refractivity contribution < 1.29 is 9.53 Å². The van der Waals surface area contributed by atoms with Gasteiger partial charge in [0.2, 0.25) is 0 Å². The van der Waals surface area contributed by atoms with Crippen molar-refractivity contribution in [1.82, 2.24) is 10.3 Å². The lowest BCUT2D eigenvalue weighted by Crippen LogP contribution is -2.25. The maximum absolute atomic E-state index is 11.8. The standard InChI is InChI=1S/C15H16N2O2.ClH/c1-19-14-5-3-2-4-12(14)8-11-17-15(18)13-6-9-16-10-7-13;/h2-7,9-10H,8,11H2,1H3,(H,17,18);1H. The van der Waals surface area contributed by atoms with E-state index < -0.39 is 0 Å². The fourth-order valence-electron chi connectivity index (χ4n) is 1.83. The van der Waals surface area contributed by atoms with Crippen LogP contribution in [0.15, 0.2) is 48.8 Å². The first-order chi connectivity index (χ1) is 9.31. The summed E-state index contributed by atoms with van der Waals surface area (Å²) in [7, 11) is 1.65. The molecule has 20 heavy (non-hydrogen) atoms. The van der Waals surface area contributed by atoms with E-state index in [2.05, 4.69) is 10.3 Å². The minimum Gasteiger partial charge on any atom is -0.496 e. The third kappa shape index (κ3) is 4.24. The number of rotatable bonds is 5. The van der Waals surface area contributed by atoms with Crippen molar-refractivity contribution in [2.75, 3.05) is 13.7 Å². The lowest BCUT2D eigenvalue weighted by Gasteiger charge is -2.09. The van der Waals surface area contributed by atoms with Crippen molar-refractivity contribution in [1.29, 1.82) is 0 Å². The van der Waals surface area contributed by atoms with Crippen LogP contribution in [0.2, 0.25) is 0 Å². The molecule has 0 aliphatic heterocycles. The van der Waals surface area contributed by atoms with Gasteiger partial charge in [-0.25, -0.2) is 0 Å². The highest BCUT2D eigenvalue weighted by Gasteiger charge is 2.05. The van der Waals surface area contributed by atoms with Crippen LogP contribution in [-0.4, -0.2) is 24.5 Å². The largest absolute Gasteiger partial charge is 0.496 e. The number of amides is 1. The van der Waals surface area contributed by atoms with Gasteiger partial charge in [-0.15, -0.1) is 12.4 Å². The van der Waals surface area contributed by atoms with E-state index in [-0.39, 0.29) is 18.3 Å². The Labute approximate surface area is 124 Å². The minimum absolute atomic E-state index is 0. The normalized spacial score (nSPS) is 9.45. The minimum atomic E-state index is -0.0858. The molecule has 106 valence electrons. The molecule has 1 N–H and O–H groups in total. The molecule has 5 heteroatoms. The zero-order valence-electron chi connectivity index (χ0n) is 11.2. The van der Waals surface area contributed by atoms with Crippen LogP contribution in [0.4, 0.5) is 0 Å². The fraction of sp³-hybridized carbons (Fsp3) is 0.200. The van der Waals surface area contributed by atoms with E-state index >= 15 is 0 Å². The summed E-state index contributed by atoms with van der Waals surface area (Å²) in [6, 6.07) is 11.2. The molecule has 0 aliphatic rings. The van der Waals surface area contributed by atoms with E-state index in [0.717, 1.165) is 17.7 Å². The summed E-state index contributed by atoms with van der Waals surface area (Å²) in [6.45, 7) is 0.571. The third-order valence-electron chi connectivity index (χ3n) is 2.81. The number of ether oxygens (including phenoxy) is 1. The number of carbonyl (C=O) groups is 1. The first kappa shape index (κ1) is 16.0. The van der Waals surface area contributed by atoms with Gasteiger partial charge >= 0.3 is 0 Å². The molecule has 0 fully saturated rings. The number of methoxy groups -OCH3 is 1. The summed E-state index contributed by atoms with van der Waals surface area (Å²) in [5, 5.41) is 2.88. The summed E-state index contributed by atoms with van der Waals surface area (Å²) in [4.78, 5) is 15.7.